The van der Waals surface area contributed by atoms with Crippen LogP contribution in [0.25, 0.3) is 0 Å². The quantitative estimate of drug-likeness (QED) is 0.594. The van der Waals surface area contributed by atoms with Crippen LogP contribution in [-0.2, 0) is 9.53 Å². The Morgan fingerprint density at radius 2 is 2.50 bits per heavy atom. The van der Waals surface area contributed by atoms with Crippen molar-refractivity contribution in [3.8, 4) is 0 Å². The molecule has 0 aromatic carbocycles. The summed E-state index contributed by atoms with van der Waals surface area (Å²) in [7, 11) is 1.30. The highest BCUT2D eigenvalue weighted by atomic mass is 35.5. The normalized spacial score (nSPS) is 20.2. The first-order chi connectivity index (χ1) is 7.61. The number of aromatic nitrogens is 1. The van der Waals surface area contributed by atoms with Crippen LogP contribution in [0.5, 0.6) is 0 Å². The van der Waals surface area contributed by atoms with Gasteiger partial charge in [-0.1, -0.05) is 11.3 Å². The first-order valence-corrected chi connectivity index (χ1v) is 5.85. The Morgan fingerprint density at radius 1 is 1.75 bits per heavy atom. The number of anilines is 1. The van der Waals surface area contributed by atoms with Gasteiger partial charge >= 0.3 is 5.97 Å². The Balaban J connectivity index is 2.19. The number of hydrogen-bond acceptors (Lipinski definition) is 5. The molecule has 1 saturated heterocycles. The highest BCUT2D eigenvalue weighted by molar-refractivity contribution is 7.17. The molecule has 16 heavy (non-hydrogen) atoms. The third-order valence-electron chi connectivity index (χ3n) is 2.19. The van der Waals surface area contributed by atoms with Gasteiger partial charge in [-0.05, 0) is 0 Å². The van der Waals surface area contributed by atoms with Crippen molar-refractivity contribution in [2.45, 2.75) is 11.8 Å². The van der Waals surface area contributed by atoms with Crippen molar-refractivity contribution < 1.29 is 14.3 Å². The van der Waals surface area contributed by atoms with Gasteiger partial charge in [0, 0.05) is 13.0 Å². The number of nitrogens with zero attached hydrogens (tertiary/aromatic N) is 2. The van der Waals surface area contributed by atoms with Crippen LogP contribution < -0.4 is 4.90 Å². The van der Waals surface area contributed by atoms with Crippen LogP contribution in [-0.4, -0.2) is 35.9 Å². The fourth-order valence-electron chi connectivity index (χ4n) is 1.43. The maximum Gasteiger partial charge on any atom is 0.349 e. The summed E-state index contributed by atoms with van der Waals surface area (Å²) in [5, 5.41) is 0.312. The molecule has 1 fully saturated rings. The topological polar surface area (TPSA) is 59.5 Å². The van der Waals surface area contributed by atoms with E-state index in [0.717, 1.165) is 11.3 Å². The van der Waals surface area contributed by atoms with Gasteiger partial charge in [-0.25, -0.2) is 9.78 Å². The molecular weight excluding hydrogens is 252 g/mol. The highest BCUT2D eigenvalue weighted by Crippen LogP contribution is 2.28. The van der Waals surface area contributed by atoms with Crippen LogP contribution in [0.15, 0.2) is 6.20 Å². The summed E-state index contributed by atoms with van der Waals surface area (Å²) in [5.41, 5.74) is 0. The zero-order valence-electron chi connectivity index (χ0n) is 8.47. The van der Waals surface area contributed by atoms with Crippen molar-refractivity contribution in [1.82, 2.24) is 4.98 Å². The summed E-state index contributed by atoms with van der Waals surface area (Å²) in [6.45, 7) is 0.439. The van der Waals surface area contributed by atoms with E-state index in [2.05, 4.69) is 9.72 Å². The minimum atomic E-state index is -0.446. The molecule has 7 heteroatoms. The van der Waals surface area contributed by atoms with Gasteiger partial charge in [-0.3, -0.25) is 9.69 Å². The number of esters is 1. The molecule has 1 aromatic rings. The monoisotopic (exact) mass is 260 g/mol. The lowest BCUT2D eigenvalue weighted by molar-refractivity contribution is -0.117. The van der Waals surface area contributed by atoms with E-state index in [9.17, 15) is 9.59 Å². The number of alkyl halides is 1. The summed E-state index contributed by atoms with van der Waals surface area (Å²) in [4.78, 5) is 28.6. The van der Waals surface area contributed by atoms with Gasteiger partial charge in [0.1, 0.15) is 4.88 Å². The first kappa shape index (κ1) is 11.3. The molecule has 5 nitrogen and oxygen atoms in total. The second-order valence-electron chi connectivity index (χ2n) is 3.30. The second-order valence-corrected chi connectivity index (χ2v) is 4.93. The van der Waals surface area contributed by atoms with E-state index >= 15 is 0 Å². The summed E-state index contributed by atoms with van der Waals surface area (Å²) >= 11 is 7.00. The van der Waals surface area contributed by atoms with Crippen molar-refractivity contribution in [2.75, 3.05) is 18.6 Å². The number of ether oxygens (including phenoxy) is 1. The highest BCUT2D eigenvalue weighted by Gasteiger charge is 2.31. The molecule has 1 aromatic heterocycles. The van der Waals surface area contributed by atoms with Crippen LogP contribution >= 0.6 is 22.9 Å². The third-order valence-corrected chi connectivity index (χ3v) is 3.48. The Kier molecular flexibility index (Phi) is 3.11. The zero-order chi connectivity index (χ0) is 11.7. The summed E-state index contributed by atoms with van der Waals surface area (Å²) in [5.74, 6) is -0.511. The maximum absolute atomic E-state index is 11.5. The van der Waals surface area contributed by atoms with Gasteiger partial charge in [0.05, 0.1) is 18.7 Å². The smallest absolute Gasteiger partial charge is 0.349 e. The number of amides is 1. The van der Waals surface area contributed by atoms with Crippen molar-refractivity contribution in [2.24, 2.45) is 0 Å². The Hall–Kier alpha value is -1.14. The molecule has 1 aliphatic rings. The van der Waals surface area contributed by atoms with E-state index in [1.54, 1.807) is 0 Å². The number of rotatable bonds is 2. The molecule has 0 spiro atoms. The van der Waals surface area contributed by atoms with E-state index < -0.39 is 5.97 Å². The average molecular weight is 261 g/mol. The van der Waals surface area contributed by atoms with E-state index in [4.69, 9.17) is 11.6 Å². The van der Waals surface area contributed by atoms with Gasteiger partial charge < -0.3 is 4.74 Å². The lowest BCUT2D eigenvalue weighted by atomic mass is 10.4. The number of carbonyl (C=O) groups is 2. The molecular formula is C9H9ClN2O3S. The van der Waals surface area contributed by atoms with Crippen LogP contribution in [0, 0.1) is 0 Å². The Morgan fingerprint density at radius 3 is 3.06 bits per heavy atom. The van der Waals surface area contributed by atoms with Gasteiger partial charge in [0.25, 0.3) is 0 Å². The van der Waals surface area contributed by atoms with Gasteiger partial charge in [0.15, 0.2) is 5.13 Å². The molecule has 1 unspecified atom stereocenters. The largest absolute Gasteiger partial charge is 0.465 e. The lowest BCUT2D eigenvalue weighted by Gasteiger charge is -2.10. The Labute approximate surface area is 101 Å². The van der Waals surface area contributed by atoms with Crippen molar-refractivity contribution in [3.05, 3.63) is 11.1 Å². The molecule has 1 atom stereocenters. The summed E-state index contributed by atoms with van der Waals surface area (Å²) in [6, 6.07) is 0. The predicted octanol–water partition coefficient (Wildman–Crippen LogP) is 1.27. The van der Waals surface area contributed by atoms with Crippen LogP contribution in [0.2, 0.25) is 0 Å². The Bertz CT molecular complexity index is 434. The number of carbonyl (C=O) groups excluding carboxylic acids is 2. The maximum atomic E-state index is 11.5. The summed E-state index contributed by atoms with van der Waals surface area (Å²) < 4.78 is 4.56. The molecule has 2 rings (SSSR count). The van der Waals surface area contributed by atoms with Crippen LogP contribution in [0.3, 0.4) is 0 Å². The molecule has 86 valence electrons. The molecule has 0 bridgehead atoms. The fourth-order valence-corrected chi connectivity index (χ4v) is 2.56. The minimum absolute atomic E-state index is 0.0641. The van der Waals surface area contributed by atoms with Crippen molar-refractivity contribution in [1.29, 1.82) is 0 Å². The molecule has 1 aliphatic heterocycles. The van der Waals surface area contributed by atoms with E-state index in [-0.39, 0.29) is 11.3 Å². The average Bonchev–Trinajstić information content (AvgIpc) is 2.83. The predicted molar refractivity (Wildman–Crippen MR) is 60.1 cm³/mol. The molecule has 0 radical (unpaired) electrons. The molecule has 0 aliphatic carbocycles. The number of halogens is 1. The molecule has 0 N–H and O–H groups in total. The number of thiazole rings is 1. The first-order valence-electron chi connectivity index (χ1n) is 4.60. The minimum Gasteiger partial charge on any atom is -0.465 e. The standard InChI is InChI=1S/C9H9ClN2O3S/c1-15-8(14)6-3-11-9(16-6)12-4-5(10)2-7(12)13/h3,5H,2,4H2,1H3. The summed E-state index contributed by atoms with van der Waals surface area (Å²) in [6.07, 6.45) is 1.72. The number of hydrogen-bond donors (Lipinski definition) is 0. The molecule has 1 amide bonds. The number of methoxy groups -OCH3 is 1. The van der Waals surface area contributed by atoms with E-state index in [1.807, 2.05) is 0 Å². The molecule has 0 saturated carbocycles. The van der Waals surface area contributed by atoms with Crippen LogP contribution in [0.1, 0.15) is 16.1 Å². The van der Waals surface area contributed by atoms with E-state index in [0.29, 0.717) is 23.0 Å². The van der Waals surface area contributed by atoms with Crippen molar-refractivity contribution in [3.63, 3.8) is 0 Å². The van der Waals surface area contributed by atoms with Crippen molar-refractivity contribution >= 4 is 39.9 Å². The van der Waals surface area contributed by atoms with Gasteiger partial charge in [-0.2, -0.15) is 0 Å². The van der Waals surface area contributed by atoms with Crippen LogP contribution in [0.4, 0.5) is 5.13 Å². The third kappa shape index (κ3) is 2.03. The second kappa shape index (κ2) is 4.39. The molecule has 2 heterocycles. The fraction of sp³-hybridized carbons (Fsp3) is 0.444. The zero-order valence-corrected chi connectivity index (χ0v) is 10.0. The lowest BCUT2D eigenvalue weighted by Crippen LogP contribution is -2.24. The van der Waals surface area contributed by atoms with Gasteiger partial charge in [0.2, 0.25) is 5.91 Å². The van der Waals surface area contributed by atoms with E-state index in [1.165, 1.54) is 18.2 Å². The SMILES string of the molecule is COC(=O)c1cnc(N2CC(Cl)CC2=O)s1. The van der Waals surface area contributed by atoms with Gasteiger partial charge in [-0.15, -0.1) is 11.6 Å².